The first kappa shape index (κ1) is 15.1. The van der Waals surface area contributed by atoms with E-state index in [0.717, 1.165) is 24.9 Å². The number of rotatable bonds is 3. The molecule has 6 heteroatoms. The van der Waals surface area contributed by atoms with Gasteiger partial charge in [-0.2, -0.15) is 0 Å². The van der Waals surface area contributed by atoms with E-state index in [4.69, 9.17) is 16.1 Å². The molecule has 116 valence electrons. The smallest absolute Gasteiger partial charge is 0.259 e. The Balaban J connectivity index is 1.85. The predicted molar refractivity (Wildman–Crippen MR) is 84.9 cm³/mol. The van der Waals surface area contributed by atoms with Crippen LogP contribution in [0.2, 0.25) is 5.02 Å². The maximum absolute atomic E-state index is 12.8. The Labute approximate surface area is 134 Å². The number of hydrogen-bond acceptors (Lipinski definition) is 4. The number of likely N-dealkylation sites (N-methyl/N-ethyl adjacent to an activating group) is 1. The molecule has 1 aromatic carbocycles. The summed E-state index contributed by atoms with van der Waals surface area (Å²) in [5, 5.41) is 7.88. The van der Waals surface area contributed by atoms with Crippen LogP contribution in [-0.2, 0) is 0 Å². The molecular formula is C16H18ClN3O2. The fraction of sp³-hybridized carbons (Fsp3) is 0.375. The third-order valence-corrected chi connectivity index (χ3v) is 4.29. The molecule has 1 saturated heterocycles. The van der Waals surface area contributed by atoms with E-state index in [-0.39, 0.29) is 5.91 Å². The fourth-order valence-corrected chi connectivity index (χ4v) is 2.90. The van der Waals surface area contributed by atoms with Gasteiger partial charge >= 0.3 is 0 Å². The molecule has 0 saturated carbocycles. The van der Waals surface area contributed by atoms with E-state index in [9.17, 15) is 4.79 Å². The average molecular weight is 320 g/mol. The van der Waals surface area contributed by atoms with Crippen LogP contribution in [-0.4, -0.2) is 42.1 Å². The first-order chi connectivity index (χ1) is 10.7. The molecule has 1 N–H and O–H groups in total. The zero-order valence-corrected chi connectivity index (χ0v) is 13.1. The number of benzene rings is 1. The van der Waals surface area contributed by atoms with Crippen molar-refractivity contribution in [3.63, 3.8) is 0 Å². The van der Waals surface area contributed by atoms with Gasteiger partial charge in [-0.15, -0.1) is 0 Å². The molecule has 1 aromatic heterocycles. The number of carbonyl (C=O) groups is 1. The van der Waals surface area contributed by atoms with Crippen LogP contribution in [0.4, 0.5) is 0 Å². The van der Waals surface area contributed by atoms with Crippen molar-refractivity contribution in [2.75, 3.05) is 20.1 Å². The lowest BCUT2D eigenvalue weighted by atomic mass is 10.0. The zero-order chi connectivity index (χ0) is 15.5. The van der Waals surface area contributed by atoms with Gasteiger partial charge in [0.2, 0.25) is 0 Å². The maximum Gasteiger partial charge on any atom is 0.259 e. The summed E-state index contributed by atoms with van der Waals surface area (Å²) in [6.45, 7) is 1.48. The van der Waals surface area contributed by atoms with Crippen molar-refractivity contribution >= 4 is 17.5 Å². The highest BCUT2D eigenvalue weighted by Crippen LogP contribution is 2.25. The van der Waals surface area contributed by atoms with Crippen molar-refractivity contribution in [1.82, 2.24) is 15.4 Å². The second-order valence-corrected chi connectivity index (χ2v) is 5.90. The molecule has 0 spiro atoms. The Morgan fingerprint density at radius 2 is 2.18 bits per heavy atom. The SMILES string of the molecule is CN[C@@H]1CCCN(C(=O)c2conc2-c2ccc(Cl)cc2)C1. The van der Waals surface area contributed by atoms with Crippen LogP contribution in [0, 0.1) is 0 Å². The van der Waals surface area contributed by atoms with Gasteiger partial charge in [-0.3, -0.25) is 4.79 Å². The van der Waals surface area contributed by atoms with Crippen LogP contribution in [0.5, 0.6) is 0 Å². The van der Waals surface area contributed by atoms with E-state index >= 15 is 0 Å². The van der Waals surface area contributed by atoms with Crippen LogP contribution in [0.15, 0.2) is 35.1 Å². The topological polar surface area (TPSA) is 58.4 Å². The molecule has 0 bridgehead atoms. The number of likely N-dealkylation sites (tertiary alicyclic amines) is 1. The van der Waals surface area contributed by atoms with Gasteiger partial charge in [0.1, 0.15) is 17.5 Å². The molecule has 1 amide bonds. The van der Waals surface area contributed by atoms with E-state index in [0.29, 0.717) is 28.9 Å². The minimum absolute atomic E-state index is 0.0360. The number of hydrogen-bond donors (Lipinski definition) is 1. The van der Waals surface area contributed by atoms with Crippen LogP contribution in [0.1, 0.15) is 23.2 Å². The third-order valence-electron chi connectivity index (χ3n) is 4.03. The van der Waals surface area contributed by atoms with Crippen LogP contribution < -0.4 is 5.32 Å². The number of aromatic nitrogens is 1. The highest BCUT2D eigenvalue weighted by atomic mass is 35.5. The molecule has 1 aliphatic rings. The lowest BCUT2D eigenvalue weighted by molar-refractivity contribution is 0.0698. The average Bonchev–Trinajstić information content (AvgIpc) is 3.04. The van der Waals surface area contributed by atoms with Gasteiger partial charge in [-0.1, -0.05) is 28.9 Å². The van der Waals surface area contributed by atoms with E-state index in [1.807, 2.05) is 24.1 Å². The molecule has 22 heavy (non-hydrogen) atoms. The van der Waals surface area contributed by atoms with Crippen LogP contribution in [0.25, 0.3) is 11.3 Å². The lowest BCUT2D eigenvalue weighted by Crippen LogP contribution is -2.47. The third kappa shape index (κ3) is 3.00. The van der Waals surface area contributed by atoms with Crippen LogP contribution >= 0.6 is 11.6 Å². The van der Waals surface area contributed by atoms with Gasteiger partial charge in [0.05, 0.1) is 0 Å². The molecule has 0 radical (unpaired) electrons. The fourth-order valence-electron chi connectivity index (χ4n) is 2.77. The molecular weight excluding hydrogens is 302 g/mol. The molecule has 1 fully saturated rings. The standard InChI is InChI=1S/C16H18ClN3O2/c1-18-13-3-2-8-20(9-13)16(21)14-10-22-19-15(14)11-4-6-12(17)7-5-11/h4-7,10,13,18H,2-3,8-9H2,1H3/t13-/m1/s1. The van der Waals surface area contributed by atoms with Crippen molar-refractivity contribution < 1.29 is 9.32 Å². The Bertz CT molecular complexity index is 654. The Kier molecular flexibility index (Phi) is 4.45. The van der Waals surface area contributed by atoms with Gasteiger partial charge in [0.25, 0.3) is 5.91 Å². The number of nitrogens with zero attached hydrogens (tertiary/aromatic N) is 2. The van der Waals surface area contributed by atoms with Crippen LogP contribution in [0.3, 0.4) is 0 Å². The van der Waals surface area contributed by atoms with E-state index in [1.54, 1.807) is 12.1 Å². The summed E-state index contributed by atoms with van der Waals surface area (Å²) in [6.07, 6.45) is 3.52. The maximum atomic E-state index is 12.8. The first-order valence-corrected chi connectivity index (χ1v) is 7.73. The summed E-state index contributed by atoms with van der Waals surface area (Å²) >= 11 is 5.90. The quantitative estimate of drug-likeness (QED) is 0.945. The summed E-state index contributed by atoms with van der Waals surface area (Å²) in [5.74, 6) is -0.0360. The molecule has 5 nitrogen and oxygen atoms in total. The summed E-state index contributed by atoms with van der Waals surface area (Å²) in [7, 11) is 1.93. The van der Waals surface area contributed by atoms with Gasteiger partial charge in [-0.05, 0) is 32.0 Å². The first-order valence-electron chi connectivity index (χ1n) is 7.36. The normalized spacial score (nSPS) is 18.5. The predicted octanol–water partition coefficient (Wildman–Crippen LogP) is 2.82. The molecule has 0 aliphatic carbocycles. The number of halogens is 1. The van der Waals surface area contributed by atoms with Gasteiger partial charge in [0.15, 0.2) is 0 Å². The highest BCUT2D eigenvalue weighted by Gasteiger charge is 2.27. The van der Waals surface area contributed by atoms with Crippen molar-refractivity contribution in [1.29, 1.82) is 0 Å². The molecule has 1 aliphatic heterocycles. The Morgan fingerprint density at radius 1 is 1.41 bits per heavy atom. The Morgan fingerprint density at radius 3 is 2.91 bits per heavy atom. The van der Waals surface area contributed by atoms with Gasteiger partial charge < -0.3 is 14.7 Å². The largest absolute Gasteiger partial charge is 0.363 e. The van der Waals surface area contributed by atoms with Gasteiger partial charge in [-0.25, -0.2) is 0 Å². The summed E-state index contributed by atoms with van der Waals surface area (Å²) in [6, 6.07) is 7.57. The van der Waals surface area contributed by atoms with Crippen molar-refractivity contribution in [2.24, 2.45) is 0 Å². The molecule has 3 rings (SSSR count). The lowest BCUT2D eigenvalue weighted by Gasteiger charge is -2.32. The van der Waals surface area contributed by atoms with E-state index in [2.05, 4.69) is 10.5 Å². The van der Waals surface area contributed by atoms with Gasteiger partial charge in [0, 0.05) is 29.7 Å². The summed E-state index contributed by atoms with van der Waals surface area (Å²) < 4.78 is 5.05. The number of piperidine rings is 1. The molecule has 2 aromatic rings. The number of nitrogens with one attached hydrogen (secondary N) is 1. The molecule has 2 heterocycles. The monoisotopic (exact) mass is 319 g/mol. The Hall–Kier alpha value is -1.85. The highest BCUT2D eigenvalue weighted by molar-refractivity contribution is 6.30. The summed E-state index contributed by atoms with van der Waals surface area (Å²) in [5.41, 5.74) is 1.89. The van der Waals surface area contributed by atoms with E-state index < -0.39 is 0 Å². The second kappa shape index (κ2) is 6.50. The van der Waals surface area contributed by atoms with Crippen molar-refractivity contribution in [3.8, 4) is 11.3 Å². The molecule has 0 unspecified atom stereocenters. The van der Waals surface area contributed by atoms with Crippen molar-refractivity contribution in [3.05, 3.63) is 41.1 Å². The minimum Gasteiger partial charge on any atom is -0.363 e. The second-order valence-electron chi connectivity index (χ2n) is 5.46. The molecule has 1 atom stereocenters. The number of carbonyl (C=O) groups excluding carboxylic acids is 1. The number of amides is 1. The van der Waals surface area contributed by atoms with E-state index in [1.165, 1.54) is 6.26 Å². The zero-order valence-electron chi connectivity index (χ0n) is 12.4. The van der Waals surface area contributed by atoms with Crippen molar-refractivity contribution in [2.45, 2.75) is 18.9 Å². The summed E-state index contributed by atoms with van der Waals surface area (Å²) in [4.78, 5) is 14.6. The minimum atomic E-state index is -0.0360.